The van der Waals surface area contributed by atoms with Crippen LogP contribution in [0.3, 0.4) is 0 Å². The van der Waals surface area contributed by atoms with Crippen molar-refractivity contribution >= 4 is 17.5 Å². The minimum Gasteiger partial charge on any atom is -0.383 e. The van der Waals surface area contributed by atoms with E-state index < -0.39 is 0 Å². The van der Waals surface area contributed by atoms with Gasteiger partial charge in [0.1, 0.15) is 5.69 Å². The Kier molecular flexibility index (Phi) is 6.52. The van der Waals surface area contributed by atoms with Crippen LogP contribution in [0.4, 0.5) is 0 Å². The minimum atomic E-state index is -0.333. The van der Waals surface area contributed by atoms with Gasteiger partial charge in [-0.05, 0) is 31.0 Å². The van der Waals surface area contributed by atoms with E-state index >= 15 is 0 Å². The standard InChI is InChI=1S/C17H20ClN3O3/c1-12(11-13-5-3-4-6-14(13)18)19-17(23)15-7-8-16(22)21(20-15)9-10-24-2/h3-8,12H,9-11H2,1-2H3,(H,19,23). The number of methoxy groups -OCH3 is 1. The van der Waals surface area contributed by atoms with Gasteiger partial charge < -0.3 is 10.1 Å². The second-order valence-corrected chi connectivity index (χ2v) is 5.85. The quantitative estimate of drug-likeness (QED) is 0.828. The summed E-state index contributed by atoms with van der Waals surface area (Å²) in [5.74, 6) is -0.333. The first-order valence-corrected chi connectivity index (χ1v) is 8.00. The van der Waals surface area contributed by atoms with Gasteiger partial charge in [-0.25, -0.2) is 4.68 Å². The molecule has 2 aromatic rings. The number of hydrogen-bond donors (Lipinski definition) is 1. The van der Waals surface area contributed by atoms with E-state index in [0.717, 1.165) is 5.56 Å². The highest BCUT2D eigenvalue weighted by Crippen LogP contribution is 2.16. The predicted molar refractivity (Wildman–Crippen MR) is 92.5 cm³/mol. The van der Waals surface area contributed by atoms with E-state index in [0.29, 0.717) is 24.6 Å². The summed E-state index contributed by atoms with van der Waals surface area (Å²) in [6.45, 7) is 2.54. The molecule has 1 aromatic heterocycles. The second-order valence-electron chi connectivity index (χ2n) is 5.44. The molecule has 1 heterocycles. The first-order valence-electron chi connectivity index (χ1n) is 7.62. The fourth-order valence-corrected chi connectivity index (χ4v) is 2.46. The van der Waals surface area contributed by atoms with Gasteiger partial charge in [-0.3, -0.25) is 9.59 Å². The van der Waals surface area contributed by atoms with Gasteiger partial charge >= 0.3 is 0 Å². The van der Waals surface area contributed by atoms with E-state index in [2.05, 4.69) is 10.4 Å². The van der Waals surface area contributed by atoms with Crippen LogP contribution < -0.4 is 10.9 Å². The number of amides is 1. The normalized spacial score (nSPS) is 12.0. The predicted octanol–water partition coefficient (Wildman–Crippen LogP) is 1.90. The molecular weight excluding hydrogens is 330 g/mol. The van der Waals surface area contributed by atoms with Crippen LogP contribution in [0, 0.1) is 0 Å². The molecular formula is C17H20ClN3O3. The monoisotopic (exact) mass is 349 g/mol. The molecule has 1 unspecified atom stereocenters. The molecule has 1 atom stereocenters. The number of rotatable bonds is 7. The van der Waals surface area contributed by atoms with E-state index in [-0.39, 0.29) is 23.2 Å². The number of nitrogens with zero attached hydrogens (tertiary/aromatic N) is 2. The zero-order chi connectivity index (χ0) is 17.5. The smallest absolute Gasteiger partial charge is 0.271 e. The summed E-state index contributed by atoms with van der Waals surface area (Å²) in [7, 11) is 1.54. The van der Waals surface area contributed by atoms with Crippen LogP contribution in [0.5, 0.6) is 0 Å². The summed E-state index contributed by atoms with van der Waals surface area (Å²) in [5, 5.41) is 7.61. The number of benzene rings is 1. The van der Waals surface area contributed by atoms with Crippen molar-refractivity contribution in [2.24, 2.45) is 0 Å². The summed E-state index contributed by atoms with van der Waals surface area (Å²) >= 11 is 6.13. The van der Waals surface area contributed by atoms with Crippen molar-refractivity contribution in [2.75, 3.05) is 13.7 Å². The Labute approximate surface area is 145 Å². The average Bonchev–Trinajstić information content (AvgIpc) is 2.56. The highest BCUT2D eigenvalue weighted by Gasteiger charge is 2.14. The van der Waals surface area contributed by atoms with Crippen LogP contribution in [-0.4, -0.2) is 35.4 Å². The van der Waals surface area contributed by atoms with Gasteiger partial charge in [-0.1, -0.05) is 29.8 Å². The molecule has 1 aromatic carbocycles. The van der Waals surface area contributed by atoms with E-state index in [1.54, 1.807) is 0 Å². The minimum absolute atomic E-state index is 0.126. The van der Waals surface area contributed by atoms with Crippen molar-refractivity contribution in [3.8, 4) is 0 Å². The third-order valence-corrected chi connectivity index (χ3v) is 3.84. The number of halogens is 1. The largest absolute Gasteiger partial charge is 0.383 e. The number of ether oxygens (including phenoxy) is 1. The van der Waals surface area contributed by atoms with E-state index in [4.69, 9.17) is 16.3 Å². The fraction of sp³-hybridized carbons (Fsp3) is 0.353. The number of aromatic nitrogens is 2. The van der Waals surface area contributed by atoms with Gasteiger partial charge in [-0.15, -0.1) is 0 Å². The topological polar surface area (TPSA) is 73.2 Å². The molecule has 0 radical (unpaired) electrons. The molecule has 0 aliphatic heterocycles. The Morgan fingerprint density at radius 3 is 2.79 bits per heavy atom. The zero-order valence-electron chi connectivity index (χ0n) is 13.7. The van der Waals surface area contributed by atoms with Crippen LogP contribution in [0.25, 0.3) is 0 Å². The van der Waals surface area contributed by atoms with Gasteiger partial charge in [0.05, 0.1) is 13.2 Å². The van der Waals surface area contributed by atoms with Crippen molar-refractivity contribution in [3.63, 3.8) is 0 Å². The van der Waals surface area contributed by atoms with Crippen molar-refractivity contribution in [1.29, 1.82) is 0 Å². The molecule has 0 saturated heterocycles. The van der Waals surface area contributed by atoms with Crippen molar-refractivity contribution in [1.82, 2.24) is 15.1 Å². The van der Waals surface area contributed by atoms with Crippen molar-refractivity contribution < 1.29 is 9.53 Å². The molecule has 0 fully saturated rings. The van der Waals surface area contributed by atoms with E-state index in [1.165, 1.54) is 23.9 Å². The summed E-state index contributed by atoms with van der Waals surface area (Å²) in [6, 6.07) is 10.1. The lowest BCUT2D eigenvalue weighted by molar-refractivity contribution is 0.0931. The third-order valence-electron chi connectivity index (χ3n) is 3.47. The summed E-state index contributed by atoms with van der Waals surface area (Å²) in [4.78, 5) is 24.0. The maximum Gasteiger partial charge on any atom is 0.271 e. The summed E-state index contributed by atoms with van der Waals surface area (Å²) < 4.78 is 6.15. The van der Waals surface area contributed by atoms with E-state index in [9.17, 15) is 9.59 Å². The molecule has 2 rings (SSSR count). The maximum absolute atomic E-state index is 12.3. The van der Waals surface area contributed by atoms with Gasteiger partial charge in [0.25, 0.3) is 11.5 Å². The molecule has 0 bridgehead atoms. The maximum atomic E-state index is 12.3. The third kappa shape index (κ3) is 4.91. The first-order chi connectivity index (χ1) is 11.5. The highest BCUT2D eigenvalue weighted by atomic mass is 35.5. The van der Waals surface area contributed by atoms with Crippen molar-refractivity contribution in [3.05, 3.63) is 63.0 Å². The summed E-state index contributed by atoms with van der Waals surface area (Å²) in [6.07, 6.45) is 0.606. The Morgan fingerprint density at radius 1 is 1.33 bits per heavy atom. The lowest BCUT2D eigenvalue weighted by Gasteiger charge is -2.15. The average molecular weight is 350 g/mol. The number of carbonyl (C=O) groups excluding carboxylic acids is 1. The Bertz CT molecular complexity index is 761. The van der Waals surface area contributed by atoms with Gasteiger partial charge in [0.2, 0.25) is 0 Å². The molecule has 7 heteroatoms. The van der Waals surface area contributed by atoms with Crippen LogP contribution in [0.1, 0.15) is 23.0 Å². The molecule has 24 heavy (non-hydrogen) atoms. The van der Waals surface area contributed by atoms with Crippen LogP contribution >= 0.6 is 11.6 Å². The number of hydrogen-bond acceptors (Lipinski definition) is 4. The van der Waals surface area contributed by atoms with Gasteiger partial charge in [-0.2, -0.15) is 5.10 Å². The van der Waals surface area contributed by atoms with Crippen molar-refractivity contribution in [2.45, 2.75) is 25.9 Å². The van der Waals surface area contributed by atoms with E-state index in [1.807, 2.05) is 31.2 Å². The molecule has 128 valence electrons. The zero-order valence-corrected chi connectivity index (χ0v) is 14.4. The summed E-state index contributed by atoms with van der Waals surface area (Å²) in [5.41, 5.74) is 0.884. The molecule has 0 aliphatic rings. The number of carbonyl (C=O) groups is 1. The molecule has 0 aliphatic carbocycles. The fourth-order valence-electron chi connectivity index (χ4n) is 2.25. The Balaban J connectivity index is 2.03. The van der Waals surface area contributed by atoms with Gasteiger partial charge in [0.15, 0.2) is 0 Å². The first kappa shape index (κ1) is 18.2. The molecule has 0 spiro atoms. The van der Waals surface area contributed by atoms with Gasteiger partial charge in [0, 0.05) is 24.2 Å². The SMILES string of the molecule is COCCn1nc(C(=O)NC(C)Cc2ccccc2Cl)ccc1=O. The number of nitrogens with one attached hydrogen (secondary N) is 1. The molecule has 6 nitrogen and oxygen atoms in total. The highest BCUT2D eigenvalue weighted by molar-refractivity contribution is 6.31. The van der Waals surface area contributed by atoms with Crippen LogP contribution in [0.2, 0.25) is 5.02 Å². The Hall–Kier alpha value is -2.18. The Morgan fingerprint density at radius 2 is 2.08 bits per heavy atom. The lowest BCUT2D eigenvalue weighted by Crippen LogP contribution is -2.36. The van der Waals surface area contributed by atoms with Crippen LogP contribution in [0.15, 0.2) is 41.2 Å². The van der Waals surface area contributed by atoms with Crippen LogP contribution in [-0.2, 0) is 17.7 Å². The molecule has 1 amide bonds. The molecule has 0 saturated carbocycles. The lowest BCUT2D eigenvalue weighted by atomic mass is 10.1. The molecule has 1 N–H and O–H groups in total. The second kappa shape index (κ2) is 8.61.